The average Bonchev–Trinajstić information content (AvgIpc) is 2.56. The van der Waals surface area contributed by atoms with Gasteiger partial charge in [-0.2, -0.15) is 0 Å². The second-order valence-electron chi connectivity index (χ2n) is 2.98. The van der Waals surface area contributed by atoms with Crippen molar-refractivity contribution in [1.82, 2.24) is 0 Å². The van der Waals surface area contributed by atoms with E-state index in [9.17, 15) is 15.0 Å². The van der Waals surface area contributed by atoms with Crippen LogP contribution in [-0.4, -0.2) is 22.8 Å². The van der Waals surface area contributed by atoms with E-state index in [1.54, 1.807) is 0 Å². The minimum Gasteiger partial charge on any atom is -0.508 e. The lowest BCUT2D eigenvalue weighted by molar-refractivity contribution is -0.134. The largest absolute Gasteiger partial charge is 0.508 e. The Labute approximate surface area is 80.1 Å². The number of carbonyl (C=O) groups excluding carboxylic acids is 1. The fourth-order valence-electron chi connectivity index (χ4n) is 1.31. The van der Waals surface area contributed by atoms with Crippen molar-refractivity contribution >= 4 is 11.5 Å². The minimum atomic E-state index is -0.428. The molecular weight excluding hydrogens is 184 g/mol. The first-order chi connectivity index (χ1) is 6.66. The van der Waals surface area contributed by atoms with E-state index in [0.717, 1.165) is 0 Å². The van der Waals surface area contributed by atoms with Gasteiger partial charge in [-0.15, -0.1) is 0 Å². The van der Waals surface area contributed by atoms with Gasteiger partial charge in [0.1, 0.15) is 18.1 Å². The van der Waals surface area contributed by atoms with Crippen molar-refractivity contribution in [3.63, 3.8) is 0 Å². The molecule has 0 atom stereocenters. The molecule has 0 unspecified atom stereocenters. The molecular formula is C10H8O4. The predicted molar refractivity (Wildman–Crippen MR) is 48.7 cm³/mol. The van der Waals surface area contributed by atoms with Crippen molar-refractivity contribution in [3.8, 4) is 11.5 Å². The van der Waals surface area contributed by atoms with Gasteiger partial charge < -0.3 is 14.9 Å². The molecule has 0 radical (unpaired) electrons. The van der Waals surface area contributed by atoms with E-state index in [-0.39, 0.29) is 18.1 Å². The van der Waals surface area contributed by atoms with Crippen LogP contribution in [-0.2, 0) is 9.53 Å². The summed E-state index contributed by atoms with van der Waals surface area (Å²) in [6, 6.07) is 4.13. The van der Waals surface area contributed by atoms with Gasteiger partial charge in [0.15, 0.2) is 0 Å². The summed E-state index contributed by atoms with van der Waals surface area (Å²) in [5.41, 5.74) is 0.999. The maximum absolute atomic E-state index is 10.8. The Bertz CT molecular complexity index is 420. The number of esters is 1. The van der Waals surface area contributed by atoms with E-state index in [4.69, 9.17) is 4.74 Å². The van der Waals surface area contributed by atoms with Crippen LogP contribution in [0.1, 0.15) is 5.56 Å². The molecule has 0 aromatic heterocycles. The zero-order valence-corrected chi connectivity index (χ0v) is 7.23. The first kappa shape index (κ1) is 8.62. The highest BCUT2D eigenvalue weighted by Crippen LogP contribution is 2.30. The summed E-state index contributed by atoms with van der Waals surface area (Å²) in [5, 5.41) is 18.7. The van der Waals surface area contributed by atoms with E-state index in [2.05, 4.69) is 0 Å². The lowest BCUT2D eigenvalue weighted by atomic mass is 10.1. The molecule has 2 N–H and O–H groups in total. The van der Waals surface area contributed by atoms with E-state index >= 15 is 0 Å². The number of phenols is 2. The zero-order valence-electron chi connectivity index (χ0n) is 7.23. The number of hydrogen-bond acceptors (Lipinski definition) is 4. The third-order valence-corrected chi connectivity index (χ3v) is 1.99. The monoisotopic (exact) mass is 192 g/mol. The zero-order chi connectivity index (χ0) is 10.1. The molecule has 2 rings (SSSR count). The highest BCUT2D eigenvalue weighted by atomic mass is 16.5. The Morgan fingerprint density at radius 3 is 2.71 bits per heavy atom. The summed E-state index contributed by atoms with van der Waals surface area (Å²) in [6.07, 6.45) is 1.30. The molecule has 72 valence electrons. The van der Waals surface area contributed by atoms with E-state index in [1.165, 1.54) is 24.3 Å². The van der Waals surface area contributed by atoms with Crippen molar-refractivity contribution in [2.45, 2.75) is 0 Å². The smallest absolute Gasteiger partial charge is 0.331 e. The summed E-state index contributed by atoms with van der Waals surface area (Å²) in [7, 11) is 0. The molecule has 0 saturated carbocycles. The van der Waals surface area contributed by atoms with Crippen molar-refractivity contribution in [2.75, 3.05) is 6.61 Å². The molecule has 0 bridgehead atoms. The topological polar surface area (TPSA) is 66.8 Å². The van der Waals surface area contributed by atoms with Gasteiger partial charge in [0.25, 0.3) is 0 Å². The standard InChI is InChI=1S/C10H8O4/c11-7-1-2-9(12)8(4-7)6-3-10(13)14-5-6/h1-4,11-12H,5H2. The maximum atomic E-state index is 10.8. The van der Waals surface area contributed by atoms with Crippen molar-refractivity contribution in [2.24, 2.45) is 0 Å². The maximum Gasteiger partial charge on any atom is 0.331 e. The van der Waals surface area contributed by atoms with E-state index in [0.29, 0.717) is 11.1 Å². The van der Waals surface area contributed by atoms with Crippen LogP contribution >= 0.6 is 0 Å². The van der Waals surface area contributed by atoms with Gasteiger partial charge in [-0.3, -0.25) is 0 Å². The molecule has 0 spiro atoms. The summed E-state index contributed by atoms with van der Waals surface area (Å²) in [5.74, 6) is -0.367. The Morgan fingerprint density at radius 2 is 2.07 bits per heavy atom. The molecule has 1 aliphatic rings. The van der Waals surface area contributed by atoms with Gasteiger partial charge in [0.2, 0.25) is 0 Å². The highest BCUT2D eigenvalue weighted by Gasteiger charge is 2.17. The first-order valence-electron chi connectivity index (χ1n) is 4.06. The number of rotatable bonds is 1. The average molecular weight is 192 g/mol. The van der Waals surface area contributed by atoms with Crippen LogP contribution in [0.15, 0.2) is 24.3 Å². The molecule has 1 heterocycles. The Balaban J connectivity index is 2.46. The predicted octanol–water partition coefficient (Wildman–Crippen LogP) is 1.04. The van der Waals surface area contributed by atoms with Crippen LogP contribution in [0.5, 0.6) is 11.5 Å². The summed E-state index contributed by atoms with van der Waals surface area (Å²) in [4.78, 5) is 10.8. The molecule has 0 amide bonds. The molecule has 0 aliphatic carbocycles. The normalized spacial score (nSPS) is 15.1. The van der Waals surface area contributed by atoms with Gasteiger partial charge >= 0.3 is 5.97 Å². The molecule has 4 heteroatoms. The molecule has 4 nitrogen and oxygen atoms in total. The number of carbonyl (C=O) groups is 1. The molecule has 1 aliphatic heterocycles. The molecule has 0 saturated heterocycles. The van der Waals surface area contributed by atoms with Crippen molar-refractivity contribution < 1.29 is 19.7 Å². The Hall–Kier alpha value is -1.97. The van der Waals surface area contributed by atoms with Crippen LogP contribution in [0, 0.1) is 0 Å². The quantitative estimate of drug-likeness (QED) is 0.515. The molecule has 0 fully saturated rings. The van der Waals surface area contributed by atoms with E-state index < -0.39 is 5.97 Å². The number of ether oxygens (including phenoxy) is 1. The molecule has 1 aromatic carbocycles. The van der Waals surface area contributed by atoms with Crippen molar-refractivity contribution in [3.05, 3.63) is 29.8 Å². The number of phenolic OH excluding ortho intramolecular Hbond substituents is 2. The van der Waals surface area contributed by atoms with Crippen LogP contribution in [0.4, 0.5) is 0 Å². The Morgan fingerprint density at radius 1 is 1.29 bits per heavy atom. The second kappa shape index (κ2) is 3.06. The fourth-order valence-corrected chi connectivity index (χ4v) is 1.31. The second-order valence-corrected chi connectivity index (χ2v) is 2.98. The minimum absolute atomic E-state index is 0.0207. The van der Waals surface area contributed by atoms with Crippen LogP contribution in [0.3, 0.4) is 0 Å². The molecule has 14 heavy (non-hydrogen) atoms. The first-order valence-corrected chi connectivity index (χ1v) is 4.06. The summed E-state index contributed by atoms with van der Waals surface area (Å²) < 4.78 is 4.69. The van der Waals surface area contributed by atoms with Gasteiger partial charge in [-0.1, -0.05) is 0 Å². The number of cyclic esters (lactones) is 1. The van der Waals surface area contributed by atoms with Crippen LogP contribution in [0.25, 0.3) is 5.57 Å². The van der Waals surface area contributed by atoms with Gasteiger partial charge in [0.05, 0.1) is 0 Å². The van der Waals surface area contributed by atoms with Crippen molar-refractivity contribution in [1.29, 1.82) is 0 Å². The van der Waals surface area contributed by atoms with Crippen LogP contribution < -0.4 is 0 Å². The van der Waals surface area contributed by atoms with Gasteiger partial charge in [0, 0.05) is 17.2 Å². The third kappa shape index (κ3) is 1.42. The van der Waals surface area contributed by atoms with Gasteiger partial charge in [-0.05, 0) is 18.2 Å². The number of benzene rings is 1. The highest BCUT2D eigenvalue weighted by molar-refractivity contribution is 5.96. The SMILES string of the molecule is O=C1C=C(c2cc(O)ccc2O)CO1. The third-order valence-electron chi connectivity index (χ3n) is 1.99. The number of hydrogen-bond donors (Lipinski definition) is 2. The molecule has 1 aromatic rings. The lowest BCUT2D eigenvalue weighted by Crippen LogP contribution is -1.91. The van der Waals surface area contributed by atoms with Crippen LogP contribution in [0.2, 0.25) is 0 Å². The fraction of sp³-hybridized carbons (Fsp3) is 0.100. The summed E-state index contributed by atoms with van der Waals surface area (Å²) >= 11 is 0. The lowest BCUT2D eigenvalue weighted by Gasteiger charge is -2.04. The Kier molecular flexibility index (Phi) is 1.89. The van der Waals surface area contributed by atoms with E-state index in [1.807, 2.05) is 0 Å². The number of aromatic hydroxyl groups is 2. The van der Waals surface area contributed by atoms with Gasteiger partial charge in [-0.25, -0.2) is 4.79 Å². The summed E-state index contributed by atoms with van der Waals surface area (Å²) in [6.45, 7) is 0.135.